The van der Waals surface area contributed by atoms with Crippen LogP contribution in [0.5, 0.6) is 0 Å². The molecule has 2 aliphatic rings. The lowest BCUT2D eigenvalue weighted by Gasteiger charge is -2.39. The molecule has 1 aliphatic carbocycles. The van der Waals surface area contributed by atoms with Gasteiger partial charge in [0, 0.05) is 19.0 Å². The Balaban J connectivity index is 2.18. The Morgan fingerprint density at radius 2 is 1.65 bits per heavy atom. The summed E-state index contributed by atoms with van der Waals surface area (Å²) < 4.78 is 63.9. The summed E-state index contributed by atoms with van der Waals surface area (Å²) in [4.78, 5) is 38.1. The fourth-order valence-corrected chi connectivity index (χ4v) is 4.15. The molecule has 0 bridgehead atoms. The third kappa shape index (κ3) is 6.70. The highest BCUT2D eigenvalue weighted by molar-refractivity contribution is 5.82. The van der Waals surface area contributed by atoms with Crippen molar-refractivity contribution in [2.45, 2.75) is 82.9 Å². The van der Waals surface area contributed by atoms with E-state index in [0.29, 0.717) is 4.90 Å². The molecular formula is C20H30F4N2O5. The zero-order valence-electron chi connectivity index (χ0n) is 18.2. The van der Waals surface area contributed by atoms with Crippen LogP contribution in [-0.4, -0.2) is 78.0 Å². The lowest BCUT2D eigenvalue weighted by Crippen LogP contribution is -2.54. The smallest absolute Gasteiger partial charge is 0.469 e. The van der Waals surface area contributed by atoms with Gasteiger partial charge in [-0.15, -0.1) is 0 Å². The molecule has 0 N–H and O–H groups in total. The number of carbonyl (C=O) groups excluding carboxylic acids is 3. The van der Waals surface area contributed by atoms with Gasteiger partial charge in [-0.25, -0.2) is 9.18 Å². The molecule has 0 radical (unpaired) electrons. The van der Waals surface area contributed by atoms with Gasteiger partial charge in [-0.05, 0) is 46.5 Å². The topological polar surface area (TPSA) is 76.2 Å². The Bertz CT molecular complexity index is 671. The minimum Gasteiger partial charge on any atom is -0.469 e. The molecule has 2 fully saturated rings. The summed E-state index contributed by atoms with van der Waals surface area (Å²) >= 11 is 0. The summed E-state index contributed by atoms with van der Waals surface area (Å²) in [6.07, 6.45) is -6.61. The summed E-state index contributed by atoms with van der Waals surface area (Å²) in [5.41, 5.74) is -0.857. The first-order chi connectivity index (χ1) is 14.2. The lowest BCUT2D eigenvalue weighted by molar-refractivity contribution is -0.189. The number of alkyl halides is 4. The van der Waals surface area contributed by atoms with Gasteiger partial charge in [-0.3, -0.25) is 9.59 Å². The van der Waals surface area contributed by atoms with Crippen molar-refractivity contribution < 1.29 is 41.4 Å². The number of hydrogen-bond acceptors (Lipinski definition) is 5. The van der Waals surface area contributed by atoms with Gasteiger partial charge in [-0.1, -0.05) is 0 Å². The molecule has 2 atom stereocenters. The van der Waals surface area contributed by atoms with Gasteiger partial charge < -0.3 is 19.3 Å². The van der Waals surface area contributed by atoms with Crippen LogP contribution in [0.3, 0.4) is 0 Å². The van der Waals surface area contributed by atoms with Crippen LogP contribution in [0.15, 0.2) is 0 Å². The monoisotopic (exact) mass is 454 g/mol. The van der Waals surface area contributed by atoms with Crippen molar-refractivity contribution in [1.29, 1.82) is 0 Å². The van der Waals surface area contributed by atoms with Crippen molar-refractivity contribution in [3.8, 4) is 0 Å². The van der Waals surface area contributed by atoms with Crippen LogP contribution in [-0.2, 0) is 19.1 Å². The fraction of sp³-hybridized carbons (Fsp3) is 0.850. The zero-order valence-corrected chi connectivity index (χ0v) is 18.2. The van der Waals surface area contributed by atoms with E-state index in [1.54, 1.807) is 20.8 Å². The Morgan fingerprint density at radius 1 is 1.06 bits per heavy atom. The summed E-state index contributed by atoms with van der Waals surface area (Å²) in [7, 11) is 1.24. The predicted molar refractivity (Wildman–Crippen MR) is 102 cm³/mol. The second-order valence-electron chi connectivity index (χ2n) is 9.10. The van der Waals surface area contributed by atoms with E-state index in [2.05, 4.69) is 4.74 Å². The third-order valence-corrected chi connectivity index (χ3v) is 5.57. The van der Waals surface area contributed by atoms with Crippen molar-refractivity contribution in [3.05, 3.63) is 0 Å². The molecule has 0 aromatic rings. The first-order valence-electron chi connectivity index (χ1n) is 10.3. The summed E-state index contributed by atoms with van der Waals surface area (Å²) in [5, 5.41) is 0. The number of esters is 1. The van der Waals surface area contributed by atoms with Gasteiger partial charge in [0.2, 0.25) is 0 Å². The molecule has 2 rings (SSSR count). The zero-order chi connectivity index (χ0) is 23.6. The molecule has 0 spiro atoms. The maximum atomic E-state index is 14.1. The van der Waals surface area contributed by atoms with Gasteiger partial charge in [-0.2, -0.15) is 13.2 Å². The third-order valence-electron chi connectivity index (χ3n) is 5.57. The summed E-state index contributed by atoms with van der Waals surface area (Å²) in [6.45, 7) is 4.13. The Labute approximate surface area is 179 Å². The quantitative estimate of drug-likeness (QED) is 0.480. The Hall–Kier alpha value is -2.07. The van der Waals surface area contributed by atoms with Crippen LogP contribution in [0.4, 0.5) is 22.4 Å². The molecule has 1 saturated heterocycles. The van der Waals surface area contributed by atoms with Crippen molar-refractivity contribution >= 4 is 18.0 Å². The second-order valence-corrected chi connectivity index (χ2v) is 9.10. The first kappa shape index (κ1) is 25.2. The standard InChI is InChI=1S/C20H30F4N2O5/c1-19(2,3)31-18(29)26-10-13(21)9-15(26)11-25(17(28)20(22,23)24)14-7-5-12(6-8-14)16(27)30-4/h12-15H,5-11H2,1-4H3/t12?,13-,14?,15-/m0/s1. The van der Waals surface area contributed by atoms with Crippen LogP contribution in [0.2, 0.25) is 0 Å². The summed E-state index contributed by atoms with van der Waals surface area (Å²) in [6, 6.07) is -1.70. The van der Waals surface area contributed by atoms with Crippen LogP contribution in [0, 0.1) is 5.92 Å². The minimum absolute atomic E-state index is 0.180. The van der Waals surface area contributed by atoms with E-state index in [0.717, 1.165) is 4.90 Å². The van der Waals surface area contributed by atoms with Crippen molar-refractivity contribution in [1.82, 2.24) is 9.80 Å². The maximum Gasteiger partial charge on any atom is 0.471 e. The molecule has 0 aromatic heterocycles. The normalized spacial score (nSPS) is 27.0. The maximum absolute atomic E-state index is 14.1. The van der Waals surface area contributed by atoms with Gasteiger partial charge in [0.25, 0.3) is 0 Å². The average molecular weight is 454 g/mol. The molecule has 2 amide bonds. The van der Waals surface area contributed by atoms with Crippen molar-refractivity contribution in [3.63, 3.8) is 0 Å². The number of amides is 2. The number of ether oxygens (including phenoxy) is 2. The molecular weight excluding hydrogens is 424 g/mol. The number of hydrogen-bond donors (Lipinski definition) is 0. The van der Waals surface area contributed by atoms with Crippen molar-refractivity contribution in [2.75, 3.05) is 20.2 Å². The highest BCUT2D eigenvalue weighted by Crippen LogP contribution is 2.33. The minimum atomic E-state index is -5.11. The molecule has 7 nitrogen and oxygen atoms in total. The molecule has 1 aliphatic heterocycles. The number of methoxy groups -OCH3 is 1. The van der Waals surface area contributed by atoms with Crippen LogP contribution >= 0.6 is 0 Å². The molecule has 178 valence electrons. The van der Waals surface area contributed by atoms with E-state index >= 15 is 0 Å². The van der Waals surface area contributed by atoms with Crippen molar-refractivity contribution in [2.24, 2.45) is 5.92 Å². The molecule has 0 aromatic carbocycles. The van der Waals surface area contributed by atoms with E-state index in [-0.39, 0.29) is 38.6 Å². The van der Waals surface area contributed by atoms with E-state index in [1.807, 2.05) is 0 Å². The highest BCUT2D eigenvalue weighted by Gasteiger charge is 2.48. The van der Waals surface area contributed by atoms with Gasteiger partial charge in [0.15, 0.2) is 0 Å². The van der Waals surface area contributed by atoms with Crippen LogP contribution in [0.1, 0.15) is 52.9 Å². The lowest BCUT2D eigenvalue weighted by atomic mass is 9.85. The SMILES string of the molecule is COC(=O)C1CCC(N(C[C@@H]2C[C@H](F)CN2C(=O)OC(C)(C)C)C(=O)C(F)(F)F)CC1. The van der Waals surface area contributed by atoms with Gasteiger partial charge >= 0.3 is 24.1 Å². The number of rotatable bonds is 4. The number of likely N-dealkylation sites (tertiary alicyclic amines) is 1. The van der Waals surface area contributed by atoms with E-state index in [9.17, 15) is 31.9 Å². The van der Waals surface area contributed by atoms with Crippen LogP contribution in [0.25, 0.3) is 0 Å². The number of halogens is 4. The average Bonchev–Trinajstić information content (AvgIpc) is 3.03. The van der Waals surface area contributed by atoms with E-state index < -0.39 is 60.5 Å². The second kappa shape index (κ2) is 9.60. The van der Waals surface area contributed by atoms with Crippen LogP contribution < -0.4 is 0 Å². The van der Waals surface area contributed by atoms with E-state index in [4.69, 9.17) is 4.74 Å². The largest absolute Gasteiger partial charge is 0.471 e. The molecule has 1 heterocycles. The first-order valence-corrected chi connectivity index (χ1v) is 10.3. The van der Waals surface area contributed by atoms with E-state index in [1.165, 1.54) is 7.11 Å². The Kier molecular flexibility index (Phi) is 7.80. The molecule has 1 saturated carbocycles. The predicted octanol–water partition coefficient (Wildman–Crippen LogP) is 3.46. The number of carbonyl (C=O) groups is 3. The highest BCUT2D eigenvalue weighted by atomic mass is 19.4. The summed E-state index contributed by atoms with van der Waals surface area (Å²) in [5.74, 6) is -2.89. The fourth-order valence-electron chi connectivity index (χ4n) is 4.15. The molecule has 0 unspecified atom stereocenters. The molecule has 11 heteroatoms. The van der Waals surface area contributed by atoms with Gasteiger partial charge in [0.05, 0.1) is 25.6 Å². The van der Waals surface area contributed by atoms with Gasteiger partial charge in [0.1, 0.15) is 11.8 Å². The number of nitrogens with zero attached hydrogens (tertiary/aromatic N) is 2. The Morgan fingerprint density at radius 3 is 2.13 bits per heavy atom. The molecule has 31 heavy (non-hydrogen) atoms.